The summed E-state index contributed by atoms with van der Waals surface area (Å²) in [7, 11) is 3.41. The number of carboxylic acid groups (broad SMARTS) is 1. The lowest BCUT2D eigenvalue weighted by Gasteiger charge is -2.25. The van der Waals surface area contributed by atoms with Crippen molar-refractivity contribution in [2.45, 2.75) is 46.1 Å². The summed E-state index contributed by atoms with van der Waals surface area (Å²) in [6.45, 7) is 8.30. The highest BCUT2D eigenvalue weighted by Crippen LogP contribution is 2.29. The summed E-state index contributed by atoms with van der Waals surface area (Å²) in [4.78, 5) is 18.0. The highest BCUT2D eigenvalue weighted by atomic mass is 16.5. The molecule has 1 heterocycles. The lowest BCUT2D eigenvalue weighted by molar-refractivity contribution is -0.143. The lowest BCUT2D eigenvalue weighted by Crippen LogP contribution is -2.32. The summed E-state index contributed by atoms with van der Waals surface area (Å²) in [5.74, 6) is 1.25. The van der Waals surface area contributed by atoms with E-state index in [1.807, 2.05) is 39.8 Å². The zero-order valence-corrected chi connectivity index (χ0v) is 16.2. The molecule has 2 aromatic rings. The van der Waals surface area contributed by atoms with Crippen LogP contribution in [0.5, 0.6) is 5.75 Å². The smallest absolute Gasteiger partial charge is 0.325 e. The number of hydrogen-bond acceptors (Lipinski definition) is 6. The van der Waals surface area contributed by atoms with E-state index in [-0.39, 0.29) is 5.92 Å². The van der Waals surface area contributed by atoms with Gasteiger partial charge in [0, 0.05) is 18.9 Å². The first-order chi connectivity index (χ1) is 12.2. The molecule has 1 atom stereocenters. The highest BCUT2D eigenvalue weighted by Gasteiger charge is 2.26. The van der Waals surface area contributed by atoms with Crippen LogP contribution >= 0.6 is 0 Å². The molecule has 0 aliphatic heterocycles. The monoisotopic (exact) mass is 361 g/mol. The molecule has 26 heavy (non-hydrogen) atoms. The third-order valence-corrected chi connectivity index (χ3v) is 4.34. The fraction of sp³-hybridized carbons (Fsp3) is 0.526. The van der Waals surface area contributed by atoms with Crippen LogP contribution in [0.2, 0.25) is 0 Å². The van der Waals surface area contributed by atoms with Crippen LogP contribution in [0.1, 0.15) is 54.2 Å². The number of carbonyl (C=O) groups is 1. The van der Waals surface area contributed by atoms with Crippen molar-refractivity contribution in [1.82, 2.24) is 15.0 Å². The number of carboxylic acids is 1. The molecule has 0 aliphatic rings. The van der Waals surface area contributed by atoms with Gasteiger partial charge in [-0.1, -0.05) is 31.1 Å². The fourth-order valence-corrected chi connectivity index (χ4v) is 3.06. The Labute approximate surface area is 154 Å². The average molecular weight is 361 g/mol. The molecule has 2 rings (SSSR count). The number of ether oxygens (including phenoxy) is 1. The van der Waals surface area contributed by atoms with Crippen molar-refractivity contribution in [3.05, 3.63) is 40.5 Å². The van der Waals surface area contributed by atoms with E-state index in [1.165, 1.54) is 0 Å². The molecule has 1 unspecified atom stereocenters. The number of likely N-dealkylation sites (N-methyl/N-ethyl adjacent to an activating group) is 1. The van der Waals surface area contributed by atoms with Gasteiger partial charge in [0.1, 0.15) is 11.8 Å². The summed E-state index contributed by atoms with van der Waals surface area (Å²) in [5.41, 5.74) is 2.57. The first-order valence-corrected chi connectivity index (χ1v) is 8.65. The molecule has 0 aliphatic carbocycles. The molecule has 1 aromatic heterocycles. The lowest BCUT2D eigenvalue weighted by atomic mass is 9.99. The maximum absolute atomic E-state index is 11.9. The van der Waals surface area contributed by atoms with Crippen molar-refractivity contribution in [3.63, 3.8) is 0 Å². The Hall–Kier alpha value is -2.41. The predicted molar refractivity (Wildman–Crippen MR) is 97.6 cm³/mol. The molecule has 0 amide bonds. The summed E-state index contributed by atoms with van der Waals surface area (Å²) in [6, 6.07) is 2.98. The number of aliphatic carboxylic acids is 1. The highest BCUT2D eigenvalue weighted by molar-refractivity contribution is 5.76. The number of aromatic nitrogens is 2. The largest absolute Gasteiger partial charge is 0.496 e. The van der Waals surface area contributed by atoms with E-state index in [4.69, 9.17) is 9.26 Å². The second kappa shape index (κ2) is 8.31. The number of benzene rings is 1. The van der Waals surface area contributed by atoms with Gasteiger partial charge in [0.05, 0.1) is 7.11 Å². The van der Waals surface area contributed by atoms with Crippen LogP contribution in [0.3, 0.4) is 0 Å². The van der Waals surface area contributed by atoms with Gasteiger partial charge in [-0.2, -0.15) is 4.98 Å². The molecule has 142 valence electrons. The van der Waals surface area contributed by atoms with Crippen LogP contribution in [0, 0.1) is 13.8 Å². The summed E-state index contributed by atoms with van der Waals surface area (Å²) in [6.07, 6.45) is 0.518. The van der Waals surface area contributed by atoms with Crippen molar-refractivity contribution in [3.8, 4) is 5.75 Å². The van der Waals surface area contributed by atoms with Gasteiger partial charge < -0.3 is 14.4 Å². The molecule has 0 spiro atoms. The van der Waals surface area contributed by atoms with Crippen molar-refractivity contribution in [2.75, 3.05) is 20.7 Å². The van der Waals surface area contributed by atoms with E-state index < -0.39 is 12.0 Å². The first kappa shape index (κ1) is 19.9. The first-order valence-electron chi connectivity index (χ1n) is 8.65. The summed E-state index contributed by atoms with van der Waals surface area (Å²) < 4.78 is 10.6. The molecule has 0 saturated heterocycles. The fourth-order valence-electron chi connectivity index (χ4n) is 3.06. The van der Waals surface area contributed by atoms with Crippen LogP contribution in [0.15, 0.2) is 16.7 Å². The van der Waals surface area contributed by atoms with Crippen LogP contribution in [-0.2, 0) is 11.2 Å². The van der Waals surface area contributed by atoms with Crippen LogP contribution < -0.4 is 4.74 Å². The normalized spacial score (nSPS) is 12.6. The van der Waals surface area contributed by atoms with Gasteiger partial charge >= 0.3 is 5.97 Å². The molecule has 0 saturated carbocycles. The molecule has 7 nitrogen and oxygen atoms in total. The van der Waals surface area contributed by atoms with Crippen molar-refractivity contribution in [2.24, 2.45) is 0 Å². The molecule has 1 N–H and O–H groups in total. The molecular formula is C19H27N3O4. The Morgan fingerprint density at radius 3 is 2.38 bits per heavy atom. The summed E-state index contributed by atoms with van der Waals surface area (Å²) >= 11 is 0. The van der Waals surface area contributed by atoms with Gasteiger partial charge in [-0.25, -0.2) is 0 Å². The Morgan fingerprint density at radius 2 is 1.92 bits per heavy atom. The maximum Gasteiger partial charge on any atom is 0.325 e. The minimum atomic E-state index is -0.896. The van der Waals surface area contributed by atoms with Gasteiger partial charge in [0.2, 0.25) is 5.89 Å². The second-order valence-electron chi connectivity index (χ2n) is 6.86. The zero-order chi connectivity index (χ0) is 19.4. The number of methoxy groups -OCH3 is 1. The van der Waals surface area contributed by atoms with E-state index >= 15 is 0 Å². The van der Waals surface area contributed by atoms with Crippen molar-refractivity contribution >= 4 is 5.97 Å². The van der Waals surface area contributed by atoms with Gasteiger partial charge in [-0.15, -0.1) is 0 Å². The van der Waals surface area contributed by atoms with Crippen LogP contribution in [0.25, 0.3) is 0 Å². The number of nitrogens with zero attached hydrogens (tertiary/aromatic N) is 3. The minimum Gasteiger partial charge on any atom is -0.496 e. The van der Waals surface area contributed by atoms with Gasteiger partial charge in [0.15, 0.2) is 5.82 Å². The summed E-state index contributed by atoms with van der Waals surface area (Å²) in [5, 5.41) is 13.7. The van der Waals surface area contributed by atoms with Gasteiger partial charge in [0.25, 0.3) is 0 Å². The average Bonchev–Trinajstić information content (AvgIpc) is 3.01. The van der Waals surface area contributed by atoms with E-state index in [1.54, 1.807) is 19.1 Å². The Balaban J connectivity index is 2.17. The quantitative estimate of drug-likeness (QED) is 0.772. The maximum atomic E-state index is 11.9. The molecule has 0 bridgehead atoms. The predicted octanol–water partition coefficient (Wildman–Crippen LogP) is 3.12. The van der Waals surface area contributed by atoms with Gasteiger partial charge in [-0.3, -0.25) is 9.69 Å². The molecular weight excluding hydrogens is 334 g/mol. The standard InChI is InChI=1S/C19H27N3O4/c1-11(2)18-20-15(21-26-18)7-8-22(5)16(19(23)24)14-9-12(3)17(25-6)13(4)10-14/h9-11,16H,7-8H2,1-6H3,(H,23,24). The minimum absolute atomic E-state index is 0.172. The number of hydrogen-bond donors (Lipinski definition) is 1. The number of rotatable bonds is 8. The topological polar surface area (TPSA) is 88.7 Å². The van der Waals surface area contributed by atoms with Crippen molar-refractivity contribution in [1.29, 1.82) is 0 Å². The van der Waals surface area contributed by atoms with E-state index in [9.17, 15) is 9.90 Å². The van der Waals surface area contributed by atoms with E-state index in [0.29, 0.717) is 24.7 Å². The Morgan fingerprint density at radius 1 is 1.31 bits per heavy atom. The SMILES string of the molecule is COc1c(C)cc(C(C(=O)O)N(C)CCc2noc(C(C)C)n2)cc1C. The Kier molecular flexibility index (Phi) is 6.37. The van der Waals surface area contributed by atoms with Crippen LogP contribution in [0.4, 0.5) is 0 Å². The number of aryl methyl sites for hydroxylation is 2. The zero-order valence-electron chi connectivity index (χ0n) is 16.2. The van der Waals surface area contributed by atoms with Crippen molar-refractivity contribution < 1.29 is 19.2 Å². The second-order valence-corrected chi connectivity index (χ2v) is 6.86. The van der Waals surface area contributed by atoms with Gasteiger partial charge in [-0.05, 0) is 37.6 Å². The Bertz CT molecular complexity index is 747. The third-order valence-electron chi connectivity index (χ3n) is 4.34. The molecule has 1 aromatic carbocycles. The van der Waals surface area contributed by atoms with E-state index in [2.05, 4.69) is 10.1 Å². The van der Waals surface area contributed by atoms with Crippen LogP contribution in [-0.4, -0.2) is 46.8 Å². The van der Waals surface area contributed by atoms with E-state index in [0.717, 1.165) is 22.4 Å². The molecule has 7 heteroatoms. The molecule has 0 fully saturated rings. The molecule has 0 radical (unpaired) electrons. The third kappa shape index (κ3) is 4.40.